The number of phenols is 2. The lowest BCUT2D eigenvalue weighted by atomic mass is 10.0. The molecule has 0 radical (unpaired) electrons. The van der Waals surface area contributed by atoms with Crippen LogP contribution >= 0.6 is 0 Å². The molecule has 0 amide bonds. The molecule has 0 unspecified atom stereocenters. The number of hydrogen-bond donors (Lipinski definition) is 2. The SMILES string of the molecule is CC(C)c1ccc(O)c(O)c1.CCC. The maximum atomic E-state index is 9.10. The Morgan fingerprint density at radius 1 is 1.07 bits per heavy atom. The Labute approximate surface area is 86.2 Å². The molecule has 14 heavy (non-hydrogen) atoms. The van der Waals surface area contributed by atoms with E-state index in [2.05, 4.69) is 13.8 Å². The van der Waals surface area contributed by atoms with E-state index in [1.54, 1.807) is 12.1 Å². The summed E-state index contributed by atoms with van der Waals surface area (Å²) in [6.45, 7) is 8.32. The lowest BCUT2D eigenvalue weighted by molar-refractivity contribution is 0.403. The van der Waals surface area contributed by atoms with Crippen LogP contribution in [-0.4, -0.2) is 10.2 Å². The molecule has 2 heteroatoms. The van der Waals surface area contributed by atoms with Gasteiger partial charge in [-0.1, -0.05) is 40.2 Å². The van der Waals surface area contributed by atoms with Crippen molar-refractivity contribution in [3.05, 3.63) is 23.8 Å². The average molecular weight is 196 g/mol. The Kier molecular flexibility index (Phi) is 5.77. The van der Waals surface area contributed by atoms with Crippen molar-refractivity contribution < 1.29 is 10.2 Å². The Hall–Kier alpha value is -1.18. The van der Waals surface area contributed by atoms with Crippen molar-refractivity contribution >= 4 is 0 Å². The first-order chi connectivity index (χ1) is 6.52. The van der Waals surface area contributed by atoms with E-state index >= 15 is 0 Å². The van der Waals surface area contributed by atoms with Crippen molar-refractivity contribution in [3.63, 3.8) is 0 Å². The number of benzene rings is 1. The van der Waals surface area contributed by atoms with E-state index in [1.165, 1.54) is 12.5 Å². The van der Waals surface area contributed by atoms with Crippen molar-refractivity contribution in [1.82, 2.24) is 0 Å². The fraction of sp³-hybridized carbons (Fsp3) is 0.500. The van der Waals surface area contributed by atoms with E-state index in [0.29, 0.717) is 5.92 Å². The minimum atomic E-state index is -0.0607. The Morgan fingerprint density at radius 3 is 1.93 bits per heavy atom. The fourth-order valence-corrected chi connectivity index (χ4v) is 0.900. The average Bonchev–Trinajstić information content (AvgIpc) is 2.10. The van der Waals surface area contributed by atoms with Gasteiger partial charge in [-0.2, -0.15) is 0 Å². The summed E-state index contributed by atoms with van der Waals surface area (Å²) in [4.78, 5) is 0. The van der Waals surface area contributed by atoms with Crippen molar-refractivity contribution in [1.29, 1.82) is 0 Å². The quantitative estimate of drug-likeness (QED) is 0.673. The molecule has 0 saturated carbocycles. The number of hydrogen-bond acceptors (Lipinski definition) is 2. The largest absolute Gasteiger partial charge is 0.504 e. The summed E-state index contributed by atoms with van der Waals surface area (Å²) in [6.07, 6.45) is 1.25. The second-order valence-electron chi connectivity index (χ2n) is 3.61. The van der Waals surface area contributed by atoms with Crippen LogP contribution in [0.2, 0.25) is 0 Å². The fourth-order valence-electron chi connectivity index (χ4n) is 0.900. The number of rotatable bonds is 1. The minimum Gasteiger partial charge on any atom is -0.504 e. The van der Waals surface area contributed by atoms with Gasteiger partial charge < -0.3 is 10.2 Å². The molecule has 0 aliphatic rings. The highest BCUT2D eigenvalue weighted by molar-refractivity contribution is 5.41. The lowest BCUT2D eigenvalue weighted by Crippen LogP contribution is -1.85. The molecule has 0 heterocycles. The van der Waals surface area contributed by atoms with E-state index in [0.717, 1.165) is 5.56 Å². The zero-order valence-electron chi connectivity index (χ0n) is 9.41. The first-order valence-corrected chi connectivity index (χ1v) is 5.04. The molecule has 1 rings (SSSR count). The third-order valence-electron chi connectivity index (χ3n) is 1.67. The van der Waals surface area contributed by atoms with Crippen molar-refractivity contribution in [2.24, 2.45) is 0 Å². The van der Waals surface area contributed by atoms with Gasteiger partial charge in [-0.25, -0.2) is 0 Å². The van der Waals surface area contributed by atoms with Crippen molar-refractivity contribution in [2.45, 2.75) is 40.0 Å². The van der Waals surface area contributed by atoms with E-state index in [-0.39, 0.29) is 11.5 Å². The lowest BCUT2D eigenvalue weighted by Gasteiger charge is -2.05. The molecule has 0 aromatic heterocycles. The molecular weight excluding hydrogens is 176 g/mol. The maximum Gasteiger partial charge on any atom is 0.157 e. The molecule has 2 nitrogen and oxygen atoms in total. The van der Waals surface area contributed by atoms with Gasteiger partial charge in [-0.15, -0.1) is 0 Å². The van der Waals surface area contributed by atoms with Gasteiger partial charge in [0.15, 0.2) is 11.5 Å². The van der Waals surface area contributed by atoms with Crippen LogP contribution in [0.4, 0.5) is 0 Å². The molecule has 1 aromatic rings. The van der Waals surface area contributed by atoms with Crippen molar-refractivity contribution in [2.75, 3.05) is 0 Å². The normalized spacial score (nSPS) is 9.50. The summed E-state index contributed by atoms with van der Waals surface area (Å²) in [5, 5.41) is 18.1. The van der Waals surface area contributed by atoms with Gasteiger partial charge in [-0.3, -0.25) is 0 Å². The van der Waals surface area contributed by atoms with Crippen LogP contribution in [0.15, 0.2) is 18.2 Å². The van der Waals surface area contributed by atoms with Gasteiger partial charge in [0.05, 0.1) is 0 Å². The molecule has 0 saturated heterocycles. The third kappa shape index (κ3) is 4.17. The summed E-state index contributed by atoms with van der Waals surface area (Å²) in [5.74, 6) is 0.270. The molecule has 0 spiro atoms. The zero-order chi connectivity index (χ0) is 11.1. The molecule has 2 N–H and O–H groups in total. The minimum absolute atomic E-state index is 0.0452. The van der Waals surface area contributed by atoms with E-state index in [4.69, 9.17) is 10.2 Å². The van der Waals surface area contributed by atoms with Crippen LogP contribution in [0.5, 0.6) is 11.5 Å². The summed E-state index contributed by atoms with van der Waals surface area (Å²) in [5.41, 5.74) is 1.03. The highest BCUT2D eigenvalue weighted by atomic mass is 16.3. The van der Waals surface area contributed by atoms with Gasteiger partial charge >= 0.3 is 0 Å². The number of aromatic hydroxyl groups is 2. The molecule has 0 aliphatic heterocycles. The standard InChI is InChI=1S/C9H12O2.C3H8/c1-6(2)7-3-4-8(10)9(11)5-7;1-3-2/h3-6,10-11H,1-2H3;3H2,1-2H3. The third-order valence-corrected chi connectivity index (χ3v) is 1.67. The van der Waals surface area contributed by atoms with E-state index in [9.17, 15) is 0 Å². The topological polar surface area (TPSA) is 40.5 Å². The summed E-state index contributed by atoms with van der Waals surface area (Å²) < 4.78 is 0. The zero-order valence-corrected chi connectivity index (χ0v) is 9.41. The van der Waals surface area contributed by atoms with Crippen LogP contribution < -0.4 is 0 Å². The summed E-state index contributed by atoms with van der Waals surface area (Å²) in [7, 11) is 0. The summed E-state index contributed by atoms with van der Waals surface area (Å²) in [6, 6.07) is 4.89. The van der Waals surface area contributed by atoms with Gasteiger partial charge in [0, 0.05) is 0 Å². The van der Waals surface area contributed by atoms with Crippen LogP contribution in [0.1, 0.15) is 45.6 Å². The highest BCUT2D eigenvalue weighted by Crippen LogP contribution is 2.27. The highest BCUT2D eigenvalue weighted by Gasteiger charge is 2.02. The Balaban J connectivity index is 0.000000500. The molecule has 0 fully saturated rings. The monoisotopic (exact) mass is 196 g/mol. The first kappa shape index (κ1) is 12.8. The van der Waals surface area contributed by atoms with Gasteiger partial charge in [0.2, 0.25) is 0 Å². The molecule has 1 aromatic carbocycles. The Bertz CT molecular complexity index is 267. The molecular formula is C12H20O2. The first-order valence-electron chi connectivity index (χ1n) is 5.04. The number of phenolic OH excluding ortho intramolecular Hbond substituents is 2. The second kappa shape index (κ2) is 6.30. The van der Waals surface area contributed by atoms with E-state index in [1.807, 2.05) is 13.8 Å². The predicted molar refractivity (Wildman–Crippen MR) is 59.8 cm³/mol. The van der Waals surface area contributed by atoms with Crippen LogP contribution in [0.3, 0.4) is 0 Å². The summed E-state index contributed by atoms with van der Waals surface area (Å²) >= 11 is 0. The molecule has 0 atom stereocenters. The van der Waals surface area contributed by atoms with Crippen LogP contribution in [0, 0.1) is 0 Å². The maximum absolute atomic E-state index is 9.10. The molecule has 0 aliphatic carbocycles. The van der Waals surface area contributed by atoms with E-state index < -0.39 is 0 Å². The smallest absolute Gasteiger partial charge is 0.157 e. The predicted octanol–water partition coefficient (Wildman–Crippen LogP) is 3.64. The van der Waals surface area contributed by atoms with Crippen LogP contribution in [0.25, 0.3) is 0 Å². The Morgan fingerprint density at radius 2 is 1.57 bits per heavy atom. The molecule has 80 valence electrons. The van der Waals surface area contributed by atoms with Crippen molar-refractivity contribution in [3.8, 4) is 11.5 Å². The molecule has 0 bridgehead atoms. The van der Waals surface area contributed by atoms with Gasteiger partial charge in [0.25, 0.3) is 0 Å². The second-order valence-corrected chi connectivity index (χ2v) is 3.61. The van der Waals surface area contributed by atoms with Gasteiger partial charge in [0.1, 0.15) is 0 Å². The van der Waals surface area contributed by atoms with Gasteiger partial charge in [-0.05, 0) is 23.6 Å². The van der Waals surface area contributed by atoms with Crippen LogP contribution in [-0.2, 0) is 0 Å².